The van der Waals surface area contributed by atoms with Gasteiger partial charge in [0.1, 0.15) is 5.82 Å². The van der Waals surface area contributed by atoms with E-state index in [1.54, 1.807) is 11.8 Å². The number of aryl methyl sites for hydroxylation is 1. The monoisotopic (exact) mass is 350 g/mol. The maximum atomic E-state index is 5.00. The molecule has 3 aromatic rings. The van der Waals surface area contributed by atoms with Gasteiger partial charge in [-0.25, -0.2) is 15.0 Å². The second-order valence-electron chi connectivity index (χ2n) is 6.48. The Morgan fingerprint density at radius 1 is 1.04 bits per heavy atom. The Kier molecular flexibility index (Phi) is 4.83. The lowest BCUT2D eigenvalue weighted by Gasteiger charge is -2.29. The number of anilines is 1. The maximum absolute atomic E-state index is 5.00. The maximum Gasteiger partial charge on any atom is 0.188 e. The first-order valence-electron chi connectivity index (χ1n) is 8.86. The Balaban J connectivity index is 1.67. The summed E-state index contributed by atoms with van der Waals surface area (Å²) in [6.07, 6.45) is 5.66. The molecule has 0 saturated carbocycles. The van der Waals surface area contributed by atoms with E-state index < -0.39 is 0 Å². The van der Waals surface area contributed by atoms with E-state index in [1.165, 1.54) is 30.2 Å². The van der Waals surface area contributed by atoms with Gasteiger partial charge in [0.25, 0.3) is 0 Å². The van der Waals surface area contributed by atoms with Crippen LogP contribution in [0.15, 0.2) is 47.8 Å². The van der Waals surface area contributed by atoms with Gasteiger partial charge in [-0.05, 0) is 44.4 Å². The van der Waals surface area contributed by atoms with E-state index in [4.69, 9.17) is 4.98 Å². The molecule has 1 aromatic carbocycles. The van der Waals surface area contributed by atoms with Crippen molar-refractivity contribution in [3.05, 3.63) is 53.9 Å². The second kappa shape index (κ2) is 7.40. The van der Waals surface area contributed by atoms with Crippen LogP contribution in [0.1, 0.15) is 30.5 Å². The average Bonchev–Trinajstić information content (AvgIpc) is 2.66. The molecule has 1 aliphatic rings. The molecule has 0 N–H and O–H groups in total. The van der Waals surface area contributed by atoms with Crippen molar-refractivity contribution in [2.24, 2.45) is 0 Å². The first-order valence-corrected chi connectivity index (χ1v) is 9.84. The lowest BCUT2D eigenvalue weighted by atomic mass is 10.1. The highest BCUT2D eigenvalue weighted by Gasteiger charge is 2.17. The summed E-state index contributed by atoms with van der Waals surface area (Å²) in [5, 5.41) is 2.03. The fraction of sp³-hybridized carbons (Fsp3) is 0.350. The average molecular weight is 350 g/mol. The number of hydrogen-bond acceptors (Lipinski definition) is 5. The van der Waals surface area contributed by atoms with E-state index in [1.807, 2.05) is 19.2 Å². The number of thioether (sulfide) groups is 1. The van der Waals surface area contributed by atoms with Crippen LogP contribution in [-0.4, -0.2) is 28.0 Å². The Bertz CT molecular complexity index is 874. The van der Waals surface area contributed by atoms with Gasteiger partial charge in [0.15, 0.2) is 5.16 Å². The smallest absolute Gasteiger partial charge is 0.188 e. The van der Waals surface area contributed by atoms with E-state index in [0.717, 1.165) is 41.0 Å². The summed E-state index contributed by atoms with van der Waals surface area (Å²) >= 11 is 1.69. The van der Waals surface area contributed by atoms with E-state index >= 15 is 0 Å². The van der Waals surface area contributed by atoms with Crippen molar-refractivity contribution < 1.29 is 0 Å². The highest BCUT2D eigenvalue weighted by molar-refractivity contribution is 7.98. The minimum atomic E-state index is 0.831. The van der Waals surface area contributed by atoms with Crippen LogP contribution < -0.4 is 4.90 Å². The molecule has 25 heavy (non-hydrogen) atoms. The van der Waals surface area contributed by atoms with Crippen molar-refractivity contribution in [3.8, 4) is 0 Å². The SMILES string of the molecule is Cc1ccnc(SCc2cc3ccccc3nc2N2CCCCC2)n1. The van der Waals surface area contributed by atoms with Crippen LogP contribution in [0.25, 0.3) is 10.9 Å². The van der Waals surface area contributed by atoms with Gasteiger partial charge in [0.2, 0.25) is 0 Å². The number of benzene rings is 1. The summed E-state index contributed by atoms with van der Waals surface area (Å²) in [6.45, 7) is 4.20. The van der Waals surface area contributed by atoms with Crippen LogP contribution in [0.5, 0.6) is 0 Å². The number of pyridine rings is 1. The lowest BCUT2D eigenvalue weighted by Crippen LogP contribution is -2.31. The molecule has 4 nitrogen and oxygen atoms in total. The molecular weight excluding hydrogens is 328 g/mol. The van der Waals surface area contributed by atoms with Gasteiger partial charge < -0.3 is 4.90 Å². The Morgan fingerprint density at radius 2 is 1.88 bits per heavy atom. The van der Waals surface area contributed by atoms with Crippen LogP contribution in [0.4, 0.5) is 5.82 Å². The number of nitrogens with zero attached hydrogens (tertiary/aromatic N) is 4. The lowest BCUT2D eigenvalue weighted by molar-refractivity contribution is 0.573. The summed E-state index contributed by atoms with van der Waals surface area (Å²) in [5.74, 6) is 1.98. The third-order valence-corrected chi connectivity index (χ3v) is 5.48. The van der Waals surface area contributed by atoms with Crippen molar-refractivity contribution in [1.29, 1.82) is 0 Å². The fourth-order valence-corrected chi connectivity index (χ4v) is 4.11. The molecule has 3 heterocycles. The molecule has 0 unspecified atom stereocenters. The molecule has 0 atom stereocenters. The third-order valence-electron chi connectivity index (χ3n) is 4.57. The number of rotatable bonds is 4. The van der Waals surface area contributed by atoms with Gasteiger partial charge in [-0.15, -0.1) is 0 Å². The number of para-hydroxylation sites is 1. The van der Waals surface area contributed by atoms with Crippen LogP contribution >= 0.6 is 11.8 Å². The summed E-state index contributed by atoms with van der Waals surface area (Å²) in [7, 11) is 0. The van der Waals surface area contributed by atoms with Crippen molar-refractivity contribution in [2.45, 2.75) is 37.1 Å². The van der Waals surface area contributed by atoms with Crippen LogP contribution in [0, 0.1) is 6.92 Å². The Labute approximate surface area is 152 Å². The van der Waals surface area contributed by atoms with Gasteiger partial charge in [-0.3, -0.25) is 0 Å². The van der Waals surface area contributed by atoms with E-state index in [-0.39, 0.29) is 0 Å². The highest BCUT2D eigenvalue weighted by Crippen LogP contribution is 2.30. The molecule has 4 rings (SSSR count). The zero-order chi connectivity index (χ0) is 17.1. The summed E-state index contributed by atoms with van der Waals surface area (Å²) in [5.41, 5.74) is 3.35. The van der Waals surface area contributed by atoms with Crippen LogP contribution in [0.2, 0.25) is 0 Å². The molecular formula is C20H22N4S. The van der Waals surface area contributed by atoms with Crippen LogP contribution in [0.3, 0.4) is 0 Å². The Morgan fingerprint density at radius 3 is 2.72 bits per heavy atom. The van der Waals surface area contributed by atoms with Crippen molar-refractivity contribution >= 4 is 28.5 Å². The quantitative estimate of drug-likeness (QED) is 0.507. The van der Waals surface area contributed by atoms with Crippen molar-refractivity contribution in [1.82, 2.24) is 15.0 Å². The summed E-state index contributed by atoms with van der Waals surface area (Å²) < 4.78 is 0. The first kappa shape index (κ1) is 16.3. The molecule has 2 aromatic heterocycles. The van der Waals surface area contributed by atoms with Crippen molar-refractivity contribution in [3.63, 3.8) is 0 Å². The van der Waals surface area contributed by atoms with Gasteiger partial charge in [0, 0.05) is 41.7 Å². The van der Waals surface area contributed by atoms with Gasteiger partial charge in [-0.2, -0.15) is 0 Å². The van der Waals surface area contributed by atoms with Gasteiger partial charge in [-0.1, -0.05) is 30.0 Å². The predicted molar refractivity (Wildman–Crippen MR) is 104 cm³/mol. The minimum Gasteiger partial charge on any atom is -0.356 e. The third kappa shape index (κ3) is 3.76. The molecule has 0 spiro atoms. The topological polar surface area (TPSA) is 41.9 Å². The minimum absolute atomic E-state index is 0.831. The van der Waals surface area contributed by atoms with Crippen LogP contribution in [-0.2, 0) is 5.75 Å². The van der Waals surface area contributed by atoms with Gasteiger partial charge in [0.05, 0.1) is 5.52 Å². The highest BCUT2D eigenvalue weighted by atomic mass is 32.2. The molecule has 0 bridgehead atoms. The first-order chi connectivity index (χ1) is 12.3. The van der Waals surface area contributed by atoms with E-state index in [9.17, 15) is 0 Å². The molecule has 5 heteroatoms. The number of piperidine rings is 1. The molecule has 0 aliphatic carbocycles. The second-order valence-corrected chi connectivity index (χ2v) is 7.42. The van der Waals surface area contributed by atoms with E-state index in [2.05, 4.69) is 45.2 Å². The van der Waals surface area contributed by atoms with E-state index in [0.29, 0.717) is 0 Å². The molecule has 1 fully saturated rings. The zero-order valence-corrected chi connectivity index (χ0v) is 15.3. The van der Waals surface area contributed by atoms with Gasteiger partial charge >= 0.3 is 0 Å². The predicted octanol–water partition coefficient (Wildman–Crippen LogP) is 4.62. The molecule has 1 saturated heterocycles. The normalized spacial score (nSPS) is 14.8. The number of hydrogen-bond donors (Lipinski definition) is 0. The Hall–Kier alpha value is -2.14. The zero-order valence-electron chi connectivity index (χ0n) is 14.5. The number of aromatic nitrogens is 3. The molecule has 0 amide bonds. The summed E-state index contributed by atoms with van der Waals surface area (Å²) in [6, 6.07) is 12.6. The molecule has 1 aliphatic heterocycles. The number of fused-ring (bicyclic) bond motifs is 1. The summed E-state index contributed by atoms with van der Waals surface area (Å²) in [4.78, 5) is 16.3. The standard InChI is InChI=1S/C20H22N4S/c1-15-9-10-21-20(22-15)25-14-17-13-16-7-3-4-8-18(16)23-19(17)24-11-5-2-6-12-24/h3-4,7-10,13H,2,5-6,11-12,14H2,1H3. The van der Waals surface area contributed by atoms with Crippen molar-refractivity contribution in [2.75, 3.05) is 18.0 Å². The molecule has 128 valence electrons. The molecule has 0 radical (unpaired) electrons. The largest absolute Gasteiger partial charge is 0.356 e. The fourth-order valence-electron chi connectivity index (χ4n) is 3.27.